The quantitative estimate of drug-likeness (QED) is 0.828. The van der Waals surface area contributed by atoms with Crippen molar-refractivity contribution in [1.29, 1.82) is 0 Å². The number of hydrogen-bond donors (Lipinski definition) is 1. The van der Waals surface area contributed by atoms with Gasteiger partial charge < -0.3 is 10.2 Å². The van der Waals surface area contributed by atoms with Gasteiger partial charge in [-0.15, -0.1) is 11.3 Å². The first kappa shape index (κ1) is 17.1. The second-order valence-electron chi connectivity index (χ2n) is 5.76. The molecule has 0 saturated carbocycles. The molecule has 3 rings (SSSR count). The molecule has 1 saturated heterocycles. The Morgan fingerprint density at radius 2 is 2.12 bits per heavy atom. The number of thiophene rings is 1. The predicted molar refractivity (Wildman–Crippen MR) is 96.7 cm³/mol. The third-order valence-electron chi connectivity index (χ3n) is 4.16. The number of amides is 1. The molecule has 24 heavy (non-hydrogen) atoms. The van der Waals surface area contributed by atoms with Crippen molar-refractivity contribution in [1.82, 2.24) is 10.2 Å². The number of benzene rings is 1. The lowest BCUT2D eigenvalue weighted by molar-refractivity contribution is -0.134. The van der Waals surface area contributed by atoms with Crippen LogP contribution in [-0.2, 0) is 4.79 Å². The molecule has 2 heterocycles. The zero-order chi connectivity index (χ0) is 16.9. The summed E-state index contributed by atoms with van der Waals surface area (Å²) in [6.45, 7) is 2.11. The van der Waals surface area contributed by atoms with Crippen LogP contribution >= 0.6 is 22.9 Å². The van der Waals surface area contributed by atoms with Crippen molar-refractivity contribution in [3.05, 3.63) is 57.2 Å². The number of carbonyl (C=O) groups excluding carboxylic acids is 2. The van der Waals surface area contributed by atoms with Crippen LogP contribution in [0.15, 0.2) is 41.8 Å². The van der Waals surface area contributed by atoms with Crippen LogP contribution in [0.5, 0.6) is 0 Å². The Bertz CT molecular complexity index is 718. The first-order valence-electron chi connectivity index (χ1n) is 7.97. The molecule has 1 aromatic carbocycles. The summed E-state index contributed by atoms with van der Waals surface area (Å²) in [4.78, 5) is 27.3. The summed E-state index contributed by atoms with van der Waals surface area (Å²) in [5.41, 5.74) is 1.02. The van der Waals surface area contributed by atoms with Crippen molar-refractivity contribution < 1.29 is 9.59 Å². The van der Waals surface area contributed by atoms with Gasteiger partial charge in [-0.25, -0.2) is 0 Å². The highest BCUT2D eigenvalue weighted by Gasteiger charge is 2.28. The van der Waals surface area contributed by atoms with Crippen molar-refractivity contribution in [2.75, 3.05) is 19.6 Å². The molecule has 1 N–H and O–H groups in total. The van der Waals surface area contributed by atoms with Gasteiger partial charge in [-0.2, -0.15) is 0 Å². The first-order chi connectivity index (χ1) is 11.6. The Kier molecular flexibility index (Phi) is 5.66. The van der Waals surface area contributed by atoms with Crippen LogP contribution in [-0.4, -0.2) is 36.2 Å². The van der Waals surface area contributed by atoms with Crippen molar-refractivity contribution in [3.8, 4) is 0 Å². The fourth-order valence-electron chi connectivity index (χ4n) is 2.94. The lowest BCUT2D eigenvalue weighted by Gasteiger charge is -2.36. The molecule has 1 aromatic heterocycles. The van der Waals surface area contributed by atoms with E-state index >= 15 is 0 Å². The van der Waals surface area contributed by atoms with Gasteiger partial charge in [0.1, 0.15) is 0 Å². The monoisotopic (exact) mass is 362 g/mol. The second kappa shape index (κ2) is 7.92. The normalized spacial score (nSPS) is 17.7. The maximum Gasteiger partial charge on any atom is 0.223 e. The molecular weight excluding hydrogens is 344 g/mol. The molecule has 126 valence electrons. The van der Waals surface area contributed by atoms with Crippen LogP contribution in [0.25, 0.3) is 0 Å². The van der Waals surface area contributed by atoms with Crippen molar-refractivity contribution >= 4 is 34.6 Å². The van der Waals surface area contributed by atoms with Crippen LogP contribution in [0.4, 0.5) is 0 Å². The molecular formula is C18H19ClN2O2S. The van der Waals surface area contributed by atoms with E-state index in [4.69, 9.17) is 11.6 Å². The van der Waals surface area contributed by atoms with E-state index in [1.807, 2.05) is 40.6 Å². The molecule has 1 amide bonds. The molecule has 0 spiro atoms. The summed E-state index contributed by atoms with van der Waals surface area (Å²) in [6, 6.07) is 11.2. The van der Waals surface area contributed by atoms with Gasteiger partial charge in [-0.3, -0.25) is 9.59 Å². The van der Waals surface area contributed by atoms with Crippen LogP contribution in [0.2, 0.25) is 5.02 Å². The number of rotatable bonds is 5. The van der Waals surface area contributed by atoms with Gasteiger partial charge in [0, 0.05) is 37.5 Å². The van der Waals surface area contributed by atoms with Gasteiger partial charge in [0.15, 0.2) is 5.78 Å². The maximum absolute atomic E-state index is 12.7. The van der Waals surface area contributed by atoms with Gasteiger partial charge in [0.2, 0.25) is 5.91 Å². The van der Waals surface area contributed by atoms with E-state index < -0.39 is 0 Å². The van der Waals surface area contributed by atoms with Crippen LogP contribution in [0.3, 0.4) is 0 Å². The zero-order valence-electron chi connectivity index (χ0n) is 13.2. The molecule has 4 nitrogen and oxygen atoms in total. The largest absolute Gasteiger partial charge is 0.333 e. The fraction of sp³-hybridized carbons (Fsp3) is 0.333. The second-order valence-corrected chi connectivity index (χ2v) is 7.15. The molecule has 1 fully saturated rings. The Balaban J connectivity index is 1.66. The third kappa shape index (κ3) is 4.04. The molecule has 0 bridgehead atoms. The summed E-state index contributed by atoms with van der Waals surface area (Å²) in [5, 5.41) is 5.86. The van der Waals surface area contributed by atoms with Crippen molar-refractivity contribution in [2.45, 2.75) is 18.9 Å². The molecule has 0 aliphatic carbocycles. The summed E-state index contributed by atoms with van der Waals surface area (Å²) < 4.78 is 0. The molecule has 0 radical (unpaired) electrons. The minimum absolute atomic E-state index is 0.0198. The van der Waals surface area contributed by atoms with Gasteiger partial charge in [0.05, 0.1) is 10.9 Å². The van der Waals surface area contributed by atoms with Crippen LogP contribution < -0.4 is 5.32 Å². The van der Waals surface area contributed by atoms with Gasteiger partial charge >= 0.3 is 0 Å². The Labute approximate surface area is 150 Å². The van der Waals surface area contributed by atoms with E-state index in [0.717, 1.165) is 17.0 Å². The average Bonchev–Trinajstić information content (AvgIpc) is 3.14. The number of halogens is 1. The number of Topliss-reactive ketones (excluding diaryl/α,β-unsaturated/α-hetero) is 1. The van der Waals surface area contributed by atoms with Crippen LogP contribution in [0, 0.1) is 0 Å². The molecule has 6 heteroatoms. The lowest BCUT2D eigenvalue weighted by atomic mass is 10.0. The summed E-state index contributed by atoms with van der Waals surface area (Å²) in [5.74, 6) is 0.0548. The summed E-state index contributed by atoms with van der Waals surface area (Å²) in [6.07, 6.45) is 0.499. The van der Waals surface area contributed by atoms with E-state index in [1.54, 1.807) is 6.07 Å². The van der Waals surface area contributed by atoms with Crippen LogP contribution in [0.1, 0.15) is 34.1 Å². The Morgan fingerprint density at radius 1 is 1.25 bits per heavy atom. The molecule has 1 aliphatic rings. The first-order valence-corrected chi connectivity index (χ1v) is 9.23. The summed E-state index contributed by atoms with van der Waals surface area (Å²) in [7, 11) is 0. The number of hydrogen-bond acceptors (Lipinski definition) is 4. The van der Waals surface area contributed by atoms with E-state index in [1.165, 1.54) is 11.3 Å². The number of ketones is 1. The van der Waals surface area contributed by atoms with E-state index in [2.05, 4.69) is 5.32 Å². The lowest BCUT2D eigenvalue weighted by Crippen LogP contribution is -2.48. The fourth-order valence-corrected chi connectivity index (χ4v) is 3.83. The average molecular weight is 363 g/mol. The highest BCUT2D eigenvalue weighted by Crippen LogP contribution is 2.25. The molecule has 1 atom stereocenters. The van der Waals surface area contributed by atoms with Gasteiger partial charge in [-0.1, -0.05) is 29.8 Å². The van der Waals surface area contributed by atoms with Crippen molar-refractivity contribution in [3.63, 3.8) is 0 Å². The maximum atomic E-state index is 12.7. The minimum Gasteiger partial charge on any atom is -0.333 e. The van der Waals surface area contributed by atoms with Gasteiger partial charge in [0.25, 0.3) is 0 Å². The van der Waals surface area contributed by atoms with Gasteiger partial charge in [-0.05, 0) is 29.1 Å². The van der Waals surface area contributed by atoms with E-state index in [-0.39, 0.29) is 30.6 Å². The standard InChI is InChI=1S/C18H19ClN2O2S/c19-14-4-1-3-13(11-14)15-12-20-8-9-21(15)18(23)7-6-16(22)17-5-2-10-24-17/h1-5,10-11,15,20H,6-9,12H2. The predicted octanol–water partition coefficient (Wildman–Crippen LogP) is 3.54. The topological polar surface area (TPSA) is 49.4 Å². The van der Waals surface area contributed by atoms with E-state index in [0.29, 0.717) is 18.1 Å². The number of piperazine rings is 1. The Morgan fingerprint density at radius 3 is 2.88 bits per heavy atom. The van der Waals surface area contributed by atoms with E-state index in [9.17, 15) is 9.59 Å². The zero-order valence-corrected chi connectivity index (χ0v) is 14.8. The minimum atomic E-state index is -0.0400. The third-order valence-corrected chi connectivity index (χ3v) is 5.31. The number of nitrogens with one attached hydrogen (secondary N) is 1. The smallest absolute Gasteiger partial charge is 0.223 e. The van der Waals surface area contributed by atoms with Crippen molar-refractivity contribution in [2.24, 2.45) is 0 Å². The number of nitrogens with zero attached hydrogens (tertiary/aromatic N) is 1. The molecule has 1 unspecified atom stereocenters. The number of carbonyl (C=O) groups is 2. The molecule has 2 aromatic rings. The highest BCUT2D eigenvalue weighted by molar-refractivity contribution is 7.12. The Hall–Kier alpha value is -1.69. The SMILES string of the molecule is O=C(CCC(=O)N1CCNCC1c1cccc(Cl)c1)c1cccs1. The highest BCUT2D eigenvalue weighted by atomic mass is 35.5. The molecule has 1 aliphatic heterocycles. The summed E-state index contributed by atoms with van der Waals surface area (Å²) >= 11 is 7.50.